The van der Waals surface area contributed by atoms with Crippen LogP contribution in [-0.4, -0.2) is 28.3 Å². The number of ether oxygens (including phenoxy) is 1. The lowest BCUT2D eigenvalue weighted by molar-refractivity contribution is -0.137. The van der Waals surface area contributed by atoms with Crippen molar-refractivity contribution in [1.29, 1.82) is 0 Å². The Morgan fingerprint density at radius 1 is 0.973 bits per heavy atom. The van der Waals surface area contributed by atoms with Gasteiger partial charge in [-0.2, -0.15) is 0 Å². The van der Waals surface area contributed by atoms with Gasteiger partial charge >= 0.3 is 5.97 Å². The molecule has 1 aliphatic rings. The number of aryl methyl sites for hydroxylation is 1. The maximum absolute atomic E-state index is 10.1. The summed E-state index contributed by atoms with van der Waals surface area (Å²) >= 11 is 0. The van der Waals surface area contributed by atoms with Gasteiger partial charge in [-0.15, -0.1) is 0 Å². The fourth-order valence-electron chi connectivity index (χ4n) is 5.20. The summed E-state index contributed by atoms with van der Waals surface area (Å²) in [5.41, 5.74) is 8.17. The molecular weight excluding hydrogens is 462 g/mol. The minimum absolute atomic E-state index is 0.0637. The predicted molar refractivity (Wildman–Crippen MR) is 156 cm³/mol. The van der Waals surface area contributed by atoms with E-state index < -0.39 is 5.97 Å². The summed E-state index contributed by atoms with van der Waals surface area (Å²) in [5.74, 6) is 3.20. The molecule has 3 unspecified atom stereocenters. The molecule has 0 bridgehead atoms. The summed E-state index contributed by atoms with van der Waals surface area (Å²) in [6, 6.07) is 1.91. The van der Waals surface area contributed by atoms with Crippen molar-refractivity contribution >= 4 is 5.97 Å². The van der Waals surface area contributed by atoms with Crippen LogP contribution in [0, 0.1) is 31.6 Å². The molecule has 0 saturated heterocycles. The van der Waals surface area contributed by atoms with Gasteiger partial charge in [0.15, 0.2) is 0 Å². The number of aliphatic carboxylic acids is 1. The van der Waals surface area contributed by atoms with Crippen molar-refractivity contribution < 1.29 is 19.7 Å². The molecule has 5 nitrogen and oxygen atoms in total. The Balaban J connectivity index is 0.000000856. The topological polar surface area (TPSA) is 92.8 Å². The number of benzene rings is 1. The Kier molecular flexibility index (Phi) is 15.3. The van der Waals surface area contributed by atoms with Gasteiger partial charge in [0.25, 0.3) is 0 Å². The summed E-state index contributed by atoms with van der Waals surface area (Å²) in [6.07, 6.45) is 14.8. The quantitative estimate of drug-likeness (QED) is 0.216. The molecule has 1 heterocycles. The monoisotopic (exact) mass is 519 g/mol. The Hall–Kier alpha value is -1.75. The first-order chi connectivity index (χ1) is 17.4. The summed E-state index contributed by atoms with van der Waals surface area (Å²) in [5, 5.41) is 18.1. The highest BCUT2D eigenvalue weighted by molar-refractivity contribution is 5.66. The Bertz CT molecular complexity index is 806. The van der Waals surface area contributed by atoms with E-state index in [0.29, 0.717) is 18.7 Å². The molecule has 2 rings (SSSR count). The largest absolute Gasteiger partial charge is 0.508 e. The van der Waals surface area contributed by atoms with Crippen molar-refractivity contribution in [3.8, 4) is 11.5 Å². The highest BCUT2D eigenvalue weighted by Crippen LogP contribution is 2.42. The molecule has 1 aromatic carbocycles. The van der Waals surface area contributed by atoms with E-state index in [4.69, 9.17) is 15.6 Å². The predicted octanol–water partition coefficient (Wildman–Crippen LogP) is 8.34. The van der Waals surface area contributed by atoms with Crippen LogP contribution in [0.2, 0.25) is 0 Å². The van der Waals surface area contributed by atoms with Crippen LogP contribution in [0.4, 0.5) is 0 Å². The zero-order chi connectivity index (χ0) is 28.0. The number of rotatable bonds is 15. The number of hydrogen-bond donors (Lipinski definition) is 3. The van der Waals surface area contributed by atoms with Crippen LogP contribution in [0.5, 0.6) is 11.5 Å². The summed E-state index contributed by atoms with van der Waals surface area (Å²) in [7, 11) is 0. The van der Waals surface area contributed by atoms with Crippen molar-refractivity contribution in [3.05, 3.63) is 22.8 Å². The Labute approximate surface area is 227 Å². The molecule has 1 aliphatic heterocycles. The Morgan fingerprint density at radius 3 is 2.05 bits per heavy atom. The van der Waals surface area contributed by atoms with Crippen molar-refractivity contribution in [2.75, 3.05) is 6.54 Å². The van der Waals surface area contributed by atoms with E-state index in [-0.39, 0.29) is 12.0 Å². The highest BCUT2D eigenvalue weighted by atomic mass is 16.5. The van der Waals surface area contributed by atoms with Crippen LogP contribution in [0.1, 0.15) is 128 Å². The number of phenols is 1. The summed E-state index contributed by atoms with van der Waals surface area (Å²) in [4.78, 5) is 9.70. The molecule has 0 fully saturated rings. The van der Waals surface area contributed by atoms with E-state index in [2.05, 4.69) is 41.5 Å². The first kappa shape index (κ1) is 33.3. The number of fused-ring (bicyclic) bond motifs is 1. The fraction of sp³-hybridized carbons (Fsp3) is 0.781. The maximum atomic E-state index is 10.1. The first-order valence-corrected chi connectivity index (χ1v) is 14.8. The average molecular weight is 520 g/mol. The van der Waals surface area contributed by atoms with Crippen molar-refractivity contribution in [3.63, 3.8) is 0 Å². The van der Waals surface area contributed by atoms with Gasteiger partial charge in [-0.05, 0) is 99.9 Å². The second kappa shape index (κ2) is 17.0. The van der Waals surface area contributed by atoms with Crippen LogP contribution in [0.15, 0.2) is 6.07 Å². The summed E-state index contributed by atoms with van der Waals surface area (Å²) < 4.78 is 6.52. The van der Waals surface area contributed by atoms with E-state index in [1.807, 2.05) is 13.0 Å². The van der Waals surface area contributed by atoms with Crippen LogP contribution in [-0.2, 0) is 11.2 Å². The van der Waals surface area contributed by atoms with E-state index in [9.17, 15) is 9.90 Å². The second-order valence-corrected chi connectivity index (χ2v) is 12.3. The average Bonchev–Trinajstić information content (AvgIpc) is 2.82. The lowest BCUT2D eigenvalue weighted by atomic mass is 9.85. The van der Waals surface area contributed by atoms with Gasteiger partial charge in [0, 0.05) is 6.42 Å². The van der Waals surface area contributed by atoms with Crippen LogP contribution >= 0.6 is 0 Å². The third kappa shape index (κ3) is 13.0. The van der Waals surface area contributed by atoms with Gasteiger partial charge in [-0.3, -0.25) is 4.79 Å². The number of hydrogen-bond acceptors (Lipinski definition) is 4. The van der Waals surface area contributed by atoms with Crippen LogP contribution in [0.25, 0.3) is 0 Å². The molecule has 0 radical (unpaired) electrons. The van der Waals surface area contributed by atoms with E-state index in [1.165, 1.54) is 56.9 Å². The first-order valence-electron chi connectivity index (χ1n) is 14.8. The zero-order valence-corrected chi connectivity index (χ0v) is 25.0. The van der Waals surface area contributed by atoms with Crippen molar-refractivity contribution in [2.24, 2.45) is 23.5 Å². The Morgan fingerprint density at radius 2 is 1.54 bits per heavy atom. The molecule has 3 atom stereocenters. The minimum atomic E-state index is -0.773. The lowest BCUT2D eigenvalue weighted by Gasteiger charge is -2.37. The smallest absolute Gasteiger partial charge is 0.303 e. The molecular formula is C32H57NO4. The maximum Gasteiger partial charge on any atom is 0.303 e. The molecule has 5 heteroatoms. The minimum Gasteiger partial charge on any atom is -0.508 e. The van der Waals surface area contributed by atoms with Crippen molar-refractivity contribution in [2.45, 2.75) is 138 Å². The lowest BCUT2D eigenvalue weighted by Crippen LogP contribution is -2.36. The van der Waals surface area contributed by atoms with Gasteiger partial charge in [0.1, 0.15) is 17.1 Å². The molecule has 37 heavy (non-hydrogen) atoms. The number of carbonyl (C=O) groups is 1. The highest BCUT2D eigenvalue weighted by Gasteiger charge is 2.33. The normalized spacial score (nSPS) is 18.4. The number of carboxylic acids is 1. The summed E-state index contributed by atoms with van der Waals surface area (Å²) in [6.45, 7) is 16.3. The van der Waals surface area contributed by atoms with E-state index in [0.717, 1.165) is 53.9 Å². The van der Waals surface area contributed by atoms with Gasteiger partial charge in [0.2, 0.25) is 0 Å². The molecule has 214 valence electrons. The number of carboxylic acid groups (broad SMARTS) is 1. The molecule has 0 aliphatic carbocycles. The van der Waals surface area contributed by atoms with Crippen molar-refractivity contribution in [1.82, 2.24) is 0 Å². The molecule has 4 N–H and O–H groups in total. The molecule has 0 saturated carbocycles. The van der Waals surface area contributed by atoms with Gasteiger partial charge in [-0.25, -0.2) is 0 Å². The van der Waals surface area contributed by atoms with Crippen LogP contribution in [0.3, 0.4) is 0 Å². The van der Waals surface area contributed by atoms with Crippen LogP contribution < -0.4 is 10.5 Å². The second-order valence-electron chi connectivity index (χ2n) is 12.3. The number of phenolic OH excluding ortho intramolecular Hbond substituents is 1. The number of nitrogens with two attached hydrogens (primary N) is 1. The van der Waals surface area contributed by atoms with E-state index in [1.54, 1.807) is 0 Å². The van der Waals surface area contributed by atoms with Gasteiger partial charge < -0.3 is 20.7 Å². The van der Waals surface area contributed by atoms with Gasteiger partial charge in [-0.1, -0.05) is 72.6 Å². The molecule has 1 aromatic rings. The molecule has 0 spiro atoms. The standard InChI is InChI=1S/C28H48O2.C4H9NO2/c1-20(2)11-8-12-21(3)13-9-14-22(4)15-10-17-28(7)18-16-25-19-26(29)23(5)24(6)27(25)30-28;5-3-1-2-4(6)7/h19-22,29H,8-18H2,1-7H3;1-3,5H2,(H,6,7). The number of aromatic hydroxyl groups is 1. The third-order valence-corrected chi connectivity index (χ3v) is 8.03. The zero-order valence-electron chi connectivity index (χ0n) is 25.0. The molecule has 0 amide bonds. The molecule has 0 aromatic heterocycles. The third-order valence-electron chi connectivity index (χ3n) is 8.03. The van der Waals surface area contributed by atoms with Gasteiger partial charge in [0.05, 0.1) is 0 Å². The fourth-order valence-corrected chi connectivity index (χ4v) is 5.20. The SMILES string of the molecule is Cc1c(O)cc2c(c1C)OC(C)(CCCC(C)CCCC(C)CCCC(C)C)CC2.NCCCC(=O)O. The van der Waals surface area contributed by atoms with E-state index >= 15 is 0 Å².